The van der Waals surface area contributed by atoms with Crippen LogP contribution in [-0.2, 0) is 9.47 Å². The second-order valence-corrected chi connectivity index (χ2v) is 3.54. The highest BCUT2D eigenvalue weighted by molar-refractivity contribution is 4.86. The molecule has 2 rings (SSSR count). The molecule has 2 fully saturated rings. The maximum Gasteiger partial charge on any atom is 0.170 e. The van der Waals surface area contributed by atoms with E-state index in [9.17, 15) is 0 Å². The standard InChI is InChI=1S/C9H14N2O2/c10-3-6-11-4-1-9(2-5-11)12-7-8-13-9/h1-2,4-8H2. The van der Waals surface area contributed by atoms with Crippen LogP contribution in [0, 0.1) is 11.3 Å². The molecule has 2 heterocycles. The van der Waals surface area contributed by atoms with Gasteiger partial charge in [0.25, 0.3) is 0 Å². The molecule has 0 amide bonds. The van der Waals surface area contributed by atoms with Gasteiger partial charge < -0.3 is 9.47 Å². The lowest BCUT2D eigenvalue weighted by molar-refractivity contribution is -0.184. The Morgan fingerprint density at radius 2 is 1.85 bits per heavy atom. The fourth-order valence-corrected chi connectivity index (χ4v) is 1.94. The van der Waals surface area contributed by atoms with Crippen LogP contribution in [0.4, 0.5) is 0 Å². The van der Waals surface area contributed by atoms with Crippen molar-refractivity contribution >= 4 is 0 Å². The van der Waals surface area contributed by atoms with Crippen LogP contribution in [0.3, 0.4) is 0 Å². The summed E-state index contributed by atoms with van der Waals surface area (Å²) in [5, 5.41) is 8.52. The molecule has 0 radical (unpaired) electrons. The first-order chi connectivity index (χ1) is 6.35. The highest BCUT2D eigenvalue weighted by Gasteiger charge is 2.39. The first-order valence-corrected chi connectivity index (χ1v) is 4.72. The van der Waals surface area contributed by atoms with E-state index in [0.717, 1.165) is 39.1 Å². The van der Waals surface area contributed by atoms with Crippen molar-refractivity contribution in [3.63, 3.8) is 0 Å². The summed E-state index contributed by atoms with van der Waals surface area (Å²) in [7, 11) is 0. The van der Waals surface area contributed by atoms with Crippen LogP contribution in [0.5, 0.6) is 0 Å². The van der Waals surface area contributed by atoms with Crippen molar-refractivity contribution in [3.8, 4) is 6.07 Å². The molecule has 0 saturated carbocycles. The van der Waals surface area contributed by atoms with Gasteiger partial charge in [0.05, 0.1) is 25.8 Å². The van der Waals surface area contributed by atoms with Crippen molar-refractivity contribution in [2.24, 2.45) is 0 Å². The van der Waals surface area contributed by atoms with Gasteiger partial charge in [-0.2, -0.15) is 5.26 Å². The van der Waals surface area contributed by atoms with Crippen LogP contribution in [0.25, 0.3) is 0 Å². The third-order valence-corrected chi connectivity index (χ3v) is 2.73. The second kappa shape index (κ2) is 3.62. The van der Waals surface area contributed by atoms with Crippen molar-refractivity contribution in [2.75, 3.05) is 32.8 Å². The summed E-state index contributed by atoms with van der Waals surface area (Å²) in [5.74, 6) is -0.300. The van der Waals surface area contributed by atoms with E-state index in [1.54, 1.807) is 0 Å². The van der Waals surface area contributed by atoms with E-state index < -0.39 is 0 Å². The molecule has 1 spiro atoms. The SMILES string of the molecule is N#CCN1CCC2(CC1)OCCO2. The first kappa shape index (κ1) is 8.95. The lowest BCUT2D eigenvalue weighted by Crippen LogP contribution is -2.45. The first-order valence-electron chi connectivity index (χ1n) is 4.72. The molecule has 0 aromatic heterocycles. The van der Waals surface area contributed by atoms with Crippen molar-refractivity contribution in [1.29, 1.82) is 5.26 Å². The van der Waals surface area contributed by atoms with Crippen LogP contribution in [0.1, 0.15) is 12.8 Å². The van der Waals surface area contributed by atoms with E-state index in [-0.39, 0.29) is 5.79 Å². The molecule has 0 aromatic carbocycles. The van der Waals surface area contributed by atoms with Crippen molar-refractivity contribution in [3.05, 3.63) is 0 Å². The second-order valence-electron chi connectivity index (χ2n) is 3.54. The molecule has 72 valence electrons. The van der Waals surface area contributed by atoms with Gasteiger partial charge in [0, 0.05) is 25.9 Å². The Morgan fingerprint density at radius 1 is 1.23 bits per heavy atom. The van der Waals surface area contributed by atoms with E-state index in [0.29, 0.717) is 6.54 Å². The quantitative estimate of drug-likeness (QED) is 0.549. The monoisotopic (exact) mass is 182 g/mol. The summed E-state index contributed by atoms with van der Waals surface area (Å²) >= 11 is 0. The van der Waals surface area contributed by atoms with E-state index in [1.165, 1.54) is 0 Å². The minimum atomic E-state index is -0.300. The Bertz CT molecular complexity index is 208. The predicted octanol–water partition coefficient (Wildman–Crippen LogP) is 0.349. The molecule has 4 nitrogen and oxygen atoms in total. The number of hydrogen-bond acceptors (Lipinski definition) is 4. The van der Waals surface area contributed by atoms with E-state index in [4.69, 9.17) is 14.7 Å². The summed E-state index contributed by atoms with van der Waals surface area (Å²) in [4.78, 5) is 2.14. The lowest BCUT2D eigenvalue weighted by Gasteiger charge is -2.36. The van der Waals surface area contributed by atoms with Gasteiger partial charge in [-0.15, -0.1) is 0 Å². The Balaban J connectivity index is 1.85. The summed E-state index contributed by atoms with van der Waals surface area (Å²) in [5.41, 5.74) is 0. The molecule has 13 heavy (non-hydrogen) atoms. The van der Waals surface area contributed by atoms with Gasteiger partial charge in [0.15, 0.2) is 5.79 Å². The largest absolute Gasteiger partial charge is 0.347 e. The minimum Gasteiger partial charge on any atom is -0.347 e. The summed E-state index contributed by atoms with van der Waals surface area (Å²) in [6.07, 6.45) is 1.80. The van der Waals surface area contributed by atoms with Crippen LogP contribution in [-0.4, -0.2) is 43.5 Å². The number of nitrogens with zero attached hydrogens (tertiary/aromatic N) is 2. The maximum atomic E-state index is 8.52. The number of hydrogen-bond donors (Lipinski definition) is 0. The van der Waals surface area contributed by atoms with E-state index >= 15 is 0 Å². The smallest absolute Gasteiger partial charge is 0.170 e. The van der Waals surface area contributed by atoms with Gasteiger partial charge in [-0.05, 0) is 0 Å². The predicted molar refractivity (Wildman–Crippen MR) is 45.9 cm³/mol. The average molecular weight is 182 g/mol. The molecular weight excluding hydrogens is 168 g/mol. The summed E-state index contributed by atoms with van der Waals surface area (Å²) in [6, 6.07) is 2.16. The van der Waals surface area contributed by atoms with Crippen molar-refractivity contribution in [2.45, 2.75) is 18.6 Å². The Kier molecular flexibility index (Phi) is 2.49. The fraction of sp³-hybridized carbons (Fsp3) is 0.889. The molecule has 4 heteroatoms. The Labute approximate surface area is 78.0 Å². The number of piperidine rings is 1. The molecule has 0 N–H and O–H groups in total. The molecular formula is C9H14N2O2. The summed E-state index contributed by atoms with van der Waals surface area (Å²) in [6.45, 7) is 3.79. The van der Waals surface area contributed by atoms with Gasteiger partial charge >= 0.3 is 0 Å². The van der Waals surface area contributed by atoms with Crippen LogP contribution in [0.2, 0.25) is 0 Å². The number of nitriles is 1. The third kappa shape index (κ3) is 1.83. The number of likely N-dealkylation sites (tertiary alicyclic amines) is 1. The van der Waals surface area contributed by atoms with Crippen LogP contribution < -0.4 is 0 Å². The Hall–Kier alpha value is -0.630. The highest BCUT2D eigenvalue weighted by atomic mass is 16.7. The molecule has 0 aliphatic carbocycles. The zero-order chi connectivity index (χ0) is 9.15. The van der Waals surface area contributed by atoms with Gasteiger partial charge in [-0.3, -0.25) is 4.90 Å². The normalized spacial score (nSPS) is 27.6. The van der Waals surface area contributed by atoms with Gasteiger partial charge in [-0.1, -0.05) is 0 Å². The zero-order valence-corrected chi connectivity index (χ0v) is 7.66. The molecule has 2 aliphatic rings. The molecule has 2 saturated heterocycles. The van der Waals surface area contributed by atoms with Gasteiger partial charge in [0.1, 0.15) is 0 Å². The molecule has 0 aromatic rings. The number of ether oxygens (including phenoxy) is 2. The minimum absolute atomic E-state index is 0.300. The van der Waals surface area contributed by atoms with Crippen LogP contribution >= 0.6 is 0 Å². The third-order valence-electron chi connectivity index (χ3n) is 2.73. The molecule has 0 bridgehead atoms. The fourth-order valence-electron chi connectivity index (χ4n) is 1.94. The molecule has 2 aliphatic heterocycles. The molecule has 0 atom stereocenters. The highest BCUT2D eigenvalue weighted by Crippen LogP contribution is 2.30. The summed E-state index contributed by atoms with van der Waals surface area (Å²) < 4.78 is 11.2. The topological polar surface area (TPSA) is 45.5 Å². The van der Waals surface area contributed by atoms with E-state index in [2.05, 4.69) is 11.0 Å². The van der Waals surface area contributed by atoms with Crippen LogP contribution in [0.15, 0.2) is 0 Å². The van der Waals surface area contributed by atoms with E-state index in [1.807, 2.05) is 0 Å². The van der Waals surface area contributed by atoms with Gasteiger partial charge in [-0.25, -0.2) is 0 Å². The molecule has 0 unspecified atom stereocenters. The van der Waals surface area contributed by atoms with Crippen molar-refractivity contribution < 1.29 is 9.47 Å². The average Bonchev–Trinajstić information content (AvgIpc) is 2.59. The maximum absolute atomic E-state index is 8.52. The lowest BCUT2D eigenvalue weighted by atomic mass is 10.0. The Morgan fingerprint density at radius 3 is 2.38 bits per heavy atom. The van der Waals surface area contributed by atoms with Crippen molar-refractivity contribution in [1.82, 2.24) is 4.90 Å². The zero-order valence-electron chi connectivity index (χ0n) is 7.66. The van der Waals surface area contributed by atoms with Gasteiger partial charge in [0.2, 0.25) is 0 Å². The number of rotatable bonds is 1.